The Labute approximate surface area is 104 Å². The first-order chi connectivity index (χ1) is 8.25. The Morgan fingerprint density at radius 3 is 2.76 bits per heavy atom. The molecule has 0 saturated heterocycles. The molecule has 17 heavy (non-hydrogen) atoms. The first-order valence-electron chi connectivity index (χ1n) is 6.80. The highest BCUT2D eigenvalue weighted by Gasteiger charge is 2.17. The molecule has 1 saturated carbocycles. The van der Waals surface area contributed by atoms with Crippen molar-refractivity contribution >= 4 is 0 Å². The van der Waals surface area contributed by atoms with E-state index in [0.29, 0.717) is 0 Å². The third-order valence-corrected chi connectivity index (χ3v) is 3.98. The van der Waals surface area contributed by atoms with Gasteiger partial charge >= 0.3 is 0 Å². The Bertz CT molecular complexity index is 326. The average Bonchev–Trinajstić information content (AvgIpc) is 2.73. The van der Waals surface area contributed by atoms with Crippen molar-refractivity contribution in [2.24, 2.45) is 18.9 Å². The van der Waals surface area contributed by atoms with Crippen LogP contribution in [0.1, 0.15) is 44.7 Å². The number of aryl methyl sites for hydroxylation is 1. The summed E-state index contributed by atoms with van der Waals surface area (Å²) in [5, 5.41) is 11.3. The molecule has 0 spiro atoms. The second-order valence-electron chi connectivity index (χ2n) is 5.44. The third kappa shape index (κ3) is 3.80. The van der Waals surface area contributed by atoms with Crippen LogP contribution in [0.5, 0.6) is 0 Å². The molecule has 0 aromatic carbocycles. The summed E-state index contributed by atoms with van der Waals surface area (Å²) in [5.41, 5.74) is 1.15. The maximum absolute atomic E-state index is 3.92. The van der Waals surface area contributed by atoms with E-state index in [1.807, 2.05) is 17.9 Å². The predicted octanol–water partition coefficient (Wildman–Crippen LogP) is 2.12. The van der Waals surface area contributed by atoms with E-state index in [1.165, 1.54) is 32.1 Å². The Balaban J connectivity index is 1.59. The highest BCUT2D eigenvalue weighted by molar-refractivity contribution is 4.92. The van der Waals surface area contributed by atoms with E-state index < -0.39 is 0 Å². The molecule has 0 radical (unpaired) electrons. The zero-order chi connectivity index (χ0) is 12.1. The minimum absolute atomic E-state index is 0.882. The fraction of sp³-hybridized carbons (Fsp3) is 0.846. The van der Waals surface area contributed by atoms with Crippen LogP contribution in [0.2, 0.25) is 0 Å². The van der Waals surface area contributed by atoms with Gasteiger partial charge < -0.3 is 5.32 Å². The van der Waals surface area contributed by atoms with Gasteiger partial charge in [-0.25, -0.2) is 0 Å². The number of hydrogen-bond acceptors (Lipinski definition) is 3. The van der Waals surface area contributed by atoms with Crippen LogP contribution in [0.3, 0.4) is 0 Å². The standard InChI is InChI=1S/C13H24N4/c1-11-3-5-12(6-4-11)7-8-14-9-13-10-15-16-17(13)2/h10-12,14H,3-9H2,1-2H3. The van der Waals surface area contributed by atoms with Crippen LogP contribution in [-0.2, 0) is 13.6 Å². The van der Waals surface area contributed by atoms with Gasteiger partial charge in [-0.3, -0.25) is 4.68 Å². The summed E-state index contributed by atoms with van der Waals surface area (Å²) >= 11 is 0. The topological polar surface area (TPSA) is 42.7 Å². The van der Waals surface area contributed by atoms with E-state index in [9.17, 15) is 0 Å². The lowest BCUT2D eigenvalue weighted by Gasteiger charge is -2.26. The monoisotopic (exact) mass is 236 g/mol. The van der Waals surface area contributed by atoms with Gasteiger partial charge in [0.05, 0.1) is 11.9 Å². The highest BCUT2D eigenvalue weighted by Crippen LogP contribution is 2.29. The summed E-state index contributed by atoms with van der Waals surface area (Å²) in [6, 6.07) is 0. The van der Waals surface area contributed by atoms with E-state index in [-0.39, 0.29) is 0 Å². The molecule has 0 aliphatic heterocycles. The van der Waals surface area contributed by atoms with Crippen molar-refractivity contribution < 1.29 is 0 Å². The van der Waals surface area contributed by atoms with Crippen LogP contribution in [0, 0.1) is 11.8 Å². The minimum atomic E-state index is 0.882. The summed E-state index contributed by atoms with van der Waals surface area (Å²) in [6.07, 6.45) is 8.85. The average molecular weight is 236 g/mol. The predicted molar refractivity (Wildman–Crippen MR) is 68.4 cm³/mol. The summed E-state index contributed by atoms with van der Waals surface area (Å²) < 4.78 is 1.83. The summed E-state index contributed by atoms with van der Waals surface area (Å²) in [6.45, 7) is 4.38. The lowest BCUT2D eigenvalue weighted by molar-refractivity contribution is 0.275. The maximum Gasteiger partial charge on any atom is 0.0738 e. The van der Waals surface area contributed by atoms with Gasteiger partial charge in [0.15, 0.2) is 0 Å². The lowest BCUT2D eigenvalue weighted by Crippen LogP contribution is -2.21. The van der Waals surface area contributed by atoms with Gasteiger partial charge in [-0.05, 0) is 24.8 Å². The number of nitrogens with zero attached hydrogens (tertiary/aromatic N) is 3. The van der Waals surface area contributed by atoms with Crippen LogP contribution in [-0.4, -0.2) is 21.5 Å². The Hall–Kier alpha value is -0.900. The van der Waals surface area contributed by atoms with E-state index in [0.717, 1.165) is 30.6 Å². The van der Waals surface area contributed by atoms with Crippen molar-refractivity contribution in [1.29, 1.82) is 0 Å². The van der Waals surface area contributed by atoms with Crippen molar-refractivity contribution in [1.82, 2.24) is 20.3 Å². The molecule has 0 atom stereocenters. The van der Waals surface area contributed by atoms with E-state index in [1.54, 1.807) is 0 Å². The molecule has 1 N–H and O–H groups in total. The molecule has 1 aromatic heterocycles. The van der Waals surface area contributed by atoms with Gasteiger partial charge in [0.2, 0.25) is 0 Å². The number of nitrogens with one attached hydrogen (secondary N) is 1. The van der Waals surface area contributed by atoms with E-state index in [2.05, 4.69) is 22.6 Å². The third-order valence-electron chi connectivity index (χ3n) is 3.98. The Kier molecular flexibility index (Phi) is 4.54. The molecule has 2 rings (SSSR count). The van der Waals surface area contributed by atoms with Gasteiger partial charge in [-0.1, -0.05) is 37.8 Å². The second kappa shape index (κ2) is 6.15. The van der Waals surface area contributed by atoms with Gasteiger partial charge in [-0.2, -0.15) is 0 Å². The van der Waals surface area contributed by atoms with Crippen molar-refractivity contribution in [3.63, 3.8) is 0 Å². The van der Waals surface area contributed by atoms with Crippen molar-refractivity contribution in [2.75, 3.05) is 6.54 Å². The fourth-order valence-corrected chi connectivity index (χ4v) is 2.61. The minimum Gasteiger partial charge on any atom is -0.311 e. The molecule has 0 bridgehead atoms. The first kappa shape index (κ1) is 12.6. The van der Waals surface area contributed by atoms with E-state index >= 15 is 0 Å². The number of rotatable bonds is 5. The molecular weight excluding hydrogens is 212 g/mol. The summed E-state index contributed by atoms with van der Waals surface area (Å²) in [5.74, 6) is 1.91. The Morgan fingerprint density at radius 2 is 2.12 bits per heavy atom. The van der Waals surface area contributed by atoms with Crippen molar-refractivity contribution in [3.05, 3.63) is 11.9 Å². The number of aromatic nitrogens is 3. The smallest absolute Gasteiger partial charge is 0.0738 e. The molecule has 1 heterocycles. The molecule has 0 unspecified atom stereocenters. The van der Waals surface area contributed by atoms with Crippen LogP contribution >= 0.6 is 0 Å². The van der Waals surface area contributed by atoms with Crippen LogP contribution in [0.25, 0.3) is 0 Å². The fourth-order valence-electron chi connectivity index (χ4n) is 2.61. The first-order valence-corrected chi connectivity index (χ1v) is 6.80. The molecule has 96 valence electrons. The van der Waals surface area contributed by atoms with Crippen LogP contribution in [0.15, 0.2) is 6.20 Å². The van der Waals surface area contributed by atoms with Crippen molar-refractivity contribution in [2.45, 2.75) is 45.6 Å². The Morgan fingerprint density at radius 1 is 1.35 bits per heavy atom. The summed E-state index contributed by atoms with van der Waals surface area (Å²) in [7, 11) is 1.94. The second-order valence-corrected chi connectivity index (χ2v) is 5.44. The maximum atomic E-state index is 3.92. The van der Waals surface area contributed by atoms with Crippen LogP contribution < -0.4 is 5.32 Å². The molecule has 4 heteroatoms. The SMILES string of the molecule is CC1CCC(CCNCc2cnnn2C)CC1. The van der Waals surface area contributed by atoms with Crippen LogP contribution in [0.4, 0.5) is 0 Å². The normalized spacial score (nSPS) is 25.1. The molecule has 1 fully saturated rings. The quantitative estimate of drug-likeness (QED) is 0.796. The zero-order valence-electron chi connectivity index (χ0n) is 11.0. The lowest BCUT2D eigenvalue weighted by atomic mass is 9.81. The van der Waals surface area contributed by atoms with E-state index in [4.69, 9.17) is 0 Å². The summed E-state index contributed by atoms with van der Waals surface area (Å²) in [4.78, 5) is 0. The molecule has 1 aliphatic rings. The van der Waals surface area contributed by atoms with Gasteiger partial charge in [0.25, 0.3) is 0 Å². The van der Waals surface area contributed by atoms with Crippen molar-refractivity contribution in [3.8, 4) is 0 Å². The molecule has 1 aliphatic carbocycles. The molecule has 0 amide bonds. The van der Waals surface area contributed by atoms with Gasteiger partial charge in [-0.15, -0.1) is 5.10 Å². The van der Waals surface area contributed by atoms with Gasteiger partial charge in [0.1, 0.15) is 0 Å². The number of hydrogen-bond donors (Lipinski definition) is 1. The van der Waals surface area contributed by atoms with Gasteiger partial charge in [0, 0.05) is 13.6 Å². The molecule has 4 nitrogen and oxygen atoms in total. The highest BCUT2D eigenvalue weighted by atomic mass is 15.4. The zero-order valence-corrected chi connectivity index (χ0v) is 11.0. The molecule has 1 aromatic rings. The molecular formula is C13H24N4. The largest absolute Gasteiger partial charge is 0.311 e.